The molecule has 0 atom stereocenters. The molecule has 2 heterocycles. The van der Waals surface area contributed by atoms with Gasteiger partial charge in [0.1, 0.15) is 5.82 Å². The van der Waals surface area contributed by atoms with Crippen LogP contribution in [0.3, 0.4) is 0 Å². The van der Waals surface area contributed by atoms with E-state index in [1.165, 1.54) is 16.7 Å². The second kappa shape index (κ2) is 6.44. The summed E-state index contributed by atoms with van der Waals surface area (Å²) < 4.78 is 0. The number of hydrogen-bond donors (Lipinski definition) is 3. The van der Waals surface area contributed by atoms with Crippen molar-refractivity contribution in [2.24, 2.45) is 0 Å². The lowest BCUT2D eigenvalue weighted by Gasteiger charge is -2.00. The molecule has 0 bridgehead atoms. The van der Waals surface area contributed by atoms with Crippen molar-refractivity contribution in [2.45, 2.75) is 26.2 Å². The van der Waals surface area contributed by atoms with E-state index < -0.39 is 5.97 Å². The van der Waals surface area contributed by atoms with Crippen LogP contribution in [0.15, 0.2) is 5.38 Å². The van der Waals surface area contributed by atoms with Crippen LogP contribution in [0.25, 0.3) is 0 Å². The summed E-state index contributed by atoms with van der Waals surface area (Å²) in [7, 11) is 0. The Labute approximate surface area is 124 Å². The van der Waals surface area contributed by atoms with Gasteiger partial charge in [-0.25, -0.2) is 14.8 Å². The monoisotopic (exact) mass is 309 g/mol. The van der Waals surface area contributed by atoms with E-state index >= 15 is 0 Å². The fraction of sp³-hybridized carbons (Fsp3) is 0.417. The zero-order chi connectivity index (χ0) is 15.4. The highest BCUT2D eigenvalue weighted by atomic mass is 32.1. The average molecular weight is 309 g/mol. The van der Waals surface area contributed by atoms with E-state index in [4.69, 9.17) is 5.11 Å². The number of aromatic nitrogens is 4. The molecule has 112 valence electrons. The fourth-order valence-electron chi connectivity index (χ4n) is 1.52. The van der Waals surface area contributed by atoms with Crippen LogP contribution in [0, 0.1) is 0 Å². The quantitative estimate of drug-likeness (QED) is 0.733. The lowest BCUT2D eigenvalue weighted by molar-refractivity contribution is 0.0690. The molecule has 9 heteroatoms. The zero-order valence-electron chi connectivity index (χ0n) is 11.6. The number of hydrogen-bond acceptors (Lipinski definition) is 6. The van der Waals surface area contributed by atoms with Crippen molar-refractivity contribution in [2.75, 3.05) is 6.54 Å². The highest BCUT2D eigenvalue weighted by Gasteiger charge is 2.14. The number of carbonyl (C=O) groups excluding carboxylic acids is 1. The van der Waals surface area contributed by atoms with Crippen LogP contribution >= 0.6 is 11.3 Å². The molecule has 1 amide bonds. The number of carbonyl (C=O) groups is 2. The Morgan fingerprint density at radius 1 is 1.43 bits per heavy atom. The first-order valence-corrected chi connectivity index (χ1v) is 7.23. The molecule has 21 heavy (non-hydrogen) atoms. The van der Waals surface area contributed by atoms with E-state index in [-0.39, 0.29) is 23.3 Å². The molecule has 0 fully saturated rings. The molecular formula is C12H15N5O3S. The lowest BCUT2D eigenvalue weighted by Crippen LogP contribution is -2.26. The molecule has 0 saturated heterocycles. The third-order valence-corrected chi connectivity index (χ3v) is 3.56. The van der Waals surface area contributed by atoms with Gasteiger partial charge in [0.2, 0.25) is 5.82 Å². The Morgan fingerprint density at radius 2 is 2.19 bits per heavy atom. The van der Waals surface area contributed by atoms with Gasteiger partial charge in [-0.1, -0.05) is 13.8 Å². The topological polar surface area (TPSA) is 121 Å². The highest BCUT2D eigenvalue weighted by Crippen LogP contribution is 2.10. The second-order valence-electron chi connectivity index (χ2n) is 4.64. The Morgan fingerprint density at radius 3 is 2.76 bits per heavy atom. The van der Waals surface area contributed by atoms with Crippen molar-refractivity contribution in [1.82, 2.24) is 25.5 Å². The van der Waals surface area contributed by atoms with Gasteiger partial charge in [0, 0.05) is 24.3 Å². The summed E-state index contributed by atoms with van der Waals surface area (Å²) in [6.45, 7) is 4.24. The average Bonchev–Trinajstić information content (AvgIpc) is 3.07. The molecule has 0 unspecified atom stereocenters. The Kier molecular flexibility index (Phi) is 4.63. The molecule has 0 aliphatic carbocycles. The first-order valence-electron chi connectivity index (χ1n) is 6.35. The van der Waals surface area contributed by atoms with Crippen LogP contribution in [0.1, 0.15) is 51.7 Å². The maximum absolute atomic E-state index is 11.8. The SMILES string of the molecule is CC(C)c1nc(C(=O)NCCc2nc(C(=O)O)cs2)n[nH]1. The highest BCUT2D eigenvalue weighted by molar-refractivity contribution is 7.09. The van der Waals surface area contributed by atoms with Crippen LogP contribution in [-0.4, -0.2) is 43.7 Å². The van der Waals surface area contributed by atoms with Crippen molar-refractivity contribution < 1.29 is 14.7 Å². The summed E-state index contributed by atoms with van der Waals surface area (Å²) in [5.74, 6) is -0.490. The summed E-state index contributed by atoms with van der Waals surface area (Å²) in [5, 5.41) is 20.1. The largest absolute Gasteiger partial charge is 0.476 e. The number of carboxylic acids is 1. The van der Waals surface area contributed by atoms with Crippen molar-refractivity contribution >= 4 is 23.2 Å². The van der Waals surface area contributed by atoms with Gasteiger partial charge in [0.25, 0.3) is 5.91 Å². The Hall–Kier alpha value is -2.29. The fourth-order valence-corrected chi connectivity index (χ4v) is 2.29. The maximum atomic E-state index is 11.8. The van der Waals surface area contributed by atoms with Crippen molar-refractivity contribution in [3.63, 3.8) is 0 Å². The minimum Gasteiger partial charge on any atom is -0.476 e. The molecule has 0 aliphatic rings. The summed E-state index contributed by atoms with van der Waals surface area (Å²) in [6.07, 6.45) is 0.463. The smallest absolute Gasteiger partial charge is 0.355 e. The summed E-state index contributed by atoms with van der Waals surface area (Å²) in [6, 6.07) is 0. The summed E-state index contributed by atoms with van der Waals surface area (Å²) >= 11 is 1.25. The van der Waals surface area contributed by atoms with Crippen LogP contribution in [0.5, 0.6) is 0 Å². The van der Waals surface area contributed by atoms with Crippen molar-refractivity contribution in [1.29, 1.82) is 0 Å². The zero-order valence-corrected chi connectivity index (χ0v) is 12.4. The maximum Gasteiger partial charge on any atom is 0.355 e. The van der Waals surface area contributed by atoms with Crippen LogP contribution < -0.4 is 5.32 Å². The van der Waals surface area contributed by atoms with Gasteiger partial charge >= 0.3 is 5.97 Å². The van der Waals surface area contributed by atoms with E-state index in [0.717, 1.165) is 0 Å². The number of aromatic amines is 1. The Bertz CT molecular complexity index is 649. The van der Waals surface area contributed by atoms with Gasteiger partial charge in [-0.3, -0.25) is 9.89 Å². The van der Waals surface area contributed by atoms with E-state index in [0.29, 0.717) is 23.8 Å². The normalized spacial score (nSPS) is 10.8. The van der Waals surface area contributed by atoms with Crippen LogP contribution in [0.2, 0.25) is 0 Å². The van der Waals surface area contributed by atoms with E-state index in [2.05, 4.69) is 25.5 Å². The molecule has 8 nitrogen and oxygen atoms in total. The predicted octanol–water partition coefficient (Wildman–Crippen LogP) is 1.06. The minimum absolute atomic E-state index is 0.0249. The molecule has 0 spiro atoms. The lowest BCUT2D eigenvalue weighted by atomic mass is 10.2. The van der Waals surface area contributed by atoms with Crippen LogP contribution in [-0.2, 0) is 6.42 Å². The molecule has 0 aromatic carbocycles. The predicted molar refractivity (Wildman–Crippen MR) is 75.6 cm³/mol. The van der Waals surface area contributed by atoms with Gasteiger partial charge < -0.3 is 10.4 Å². The first-order chi connectivity index (χ1) is 9.97. The summed E-state index contributed by atoms with van der Waals surface area (Å²) in [4.78, 5) is 30.5. The molecule has 2 aromatic rings. The number of amides is 1. The minimum atomic E-state index is -1.05. The van der Waals surface area contributed by atoms with Gasteiger partial charge in [-0.15, -0.1) is 16.4 Å². The molecule has 2 aromatic heterocycles. The standard InChI is InChI=1S/C12H15N5O3S/c1-6(2)9-15-10(17-16-9)11(18)13-4-3-8-14-7(5-21-8)12(19)20/h5-6H,3-4H2,1-2H3,(H,13,18)(H,19,20)(H,15,16,17). The van der Waals surface area contributed by atoms with Crippen molar-refractivity contribution in [3.05, 3.63) is 27.7 Å². The van der Waals surface area contributed by atoms with Gasteiger partial charge in [-0.2, -0.15) is 0 Å². The molecule has 2 rings (SSSR count). The van der Waals surface area contributed by atoms with Gasteiger partial charge in [-0.05, 0) is 0 Å². The Balaban J connectivity index is 1.84. The molecular weight excluding hydrogens is 294 g/mol. The van der Waals surface area contributed by atoms with E-state index in [1.807, 2.05) is 13.8 Å². The third kappa shape index (κ3) is 3.85. The second-order valence-corrected chi connectivity index (χ2v) is 5.58. The van der Waals surface area contributed by atoms with E-state index in [9.17, 15) is 9.59 Å². The van der Waals surface area contributed by atoms with Crippen LogP contribution in [0.4, 0.5) is 0 Å². The number of carboxylic acid groups (broad SMARTS) is 1. The van der Waals surface area contributed by atoms with E-state index in [1.54, 1.807) is 0 Å². The number of thiazole rings is 1. The number of H-pyrrole nitrogens is 1. The molecule has 0 radical (unpaired) electrons. The third-order valence-electron chi connectivity index (χ3n) is 2.65. The number of aromatic carboxylic acids is 1. The van der Waals surface area contributed by atoms with Gasteiger partial charge in [0.05, 0.1) is 5.01 Å². The molecule has 0 aliphatic heterocycles. The van der Waals surface area contributed by atoms with Gasteiger partial charge in [0.15, 0.2) is 5.69 Å². The molecule has 0 saturated carbocycles. The summed E-state index contributed by atoms with van der Waals surface area (Å²) in [5.41, 5.74) is 0.0249. The molecule has 3 N–H and O–H groups in total. The number of rotatable bonds is 6. The van der Waals surface area contributed by atoms with Crippen molar-refractivity contribution in [3.8, 4) is 0 Å². The number of nitrogens with one attached hydrogen (secondary N) is 2. The first kappa shape index (κ1) is 15.1. The number of nitrogens with zero attached hydrogens (tertiary/aromatic N) is 3.